The molecule has 2 aliphatic heterocycles. The maximum Gasteiger partial charge on any atom is 0.282 e. The van der Waals surface area contributed by atoms with Gasteiger partial charge in [-0.2, -0.15) is 0 Å². The Morgan fingerprint density at radius 3 is 2.47 bits per heavy atom. The first-order chi connectivity index (χ1) is 16.6. The summed E-state index contributed by atoms with van der Waals surface area (Å²) in [4.78, 5) is 28.5. The lowest BCUT2D eigenvalue weighted by Crippen LogP contribution is -2.33. The van der Waals surface area contributed by atoms with Crippen LogP contribution in [-0.4, -0.2) is 25.2 Å². The molecule has 34 heavy (non-hydrogen) atoms. The minimum absolute atomic E-state index is 0.150. The first-order valence-corrected chi connectivity index (χ1v) is 11.2. The van der Waals surface area contributed by atoms with E-state index in [4.69, 9.17) is 14.2 Å². The lowest BCUT2D eigenvalue weighted by atomic mass is 10.0. The van der Waals surface area contributed by atoms with E-state index in [1.807, 2.05) is 44.2 Å². The lowest BCUT2D eigenvalue weighted by molar-refractivity contribution is -0.120. The van der Waals surface area contributed by atoms with Crippen LogP contribution in [0.3, 0.4) is 0 Å². The number of carbonyl (C=O) groups is 2. The highest BCUT2D eigenvalue weighted by Gasteiger charge is 2.40. The van der Waals surface area contributed by atoms with Crippen molar-refractivity contribution in [3.8, 4) is 17.2 Å². The number of fused-ring (bicyclic) bond motifs is 1. The number of carbonyl (C=O) groups excluding carboxylic acids is 2. The third kappa shape index (κ3) is 3.85. The van der Waals surface area contributed by atoms with Crippen molar-refractivity contribution in [2.75, 3.05) is 23.6 Å². The number of amides is 2. The summed E-state index contributed by atoms with van der Waals surface area (Å²) >= 11 is 0. The molecule has 0 fully saturated rings. The summed E-state index contributed by atoms with van der Waals surface area (Å²) in [5.41, 5.74) is 3.13. The van der Waals surface area contributed by atoms with Crippen molar-refractivity contribution in [1.29, 1.82) is 0 Å². The molecular formula is C27H24N2O5. The monoisotopic (exact) mass is 456 g/mol. The maximum atomic E-state index is 13.6. The summed E-state index contributed by atoms with van der Waals surface area (Å²) in [5, 5.41) is 3.17. The third-order valence-corrected chi connectivity index (χ3v) is 5.70. The molecule has 0 spiro atoms. The summed E-state index contributed by atoms with van der Waals surface area (Å²) < 4.78 is 16.5. The average Bonchev–Trinajstić information content (AvgIpc) is 3.41. The fourth-order valence-corrected chi connectivity index (χ4v) is 4.00. The summed E-state index contributed by atoms with van der Waals surface area (Å²) in [6.07, 6.45) is 0.898. The predicted octanol–water partition coefficient (Wildman–Crippen LogP) is 4.91. The molecule has 0 atom stereocenters. The van der Waals surface area contributed by atoms with Gasteiger partial charge in [0.15, 0.2) is 11.5 Å². The van der Waals surface area contributed by atoms with E-state index in [2.05, 4.69) is 5.32 Å². The van der Waals surface area contributed by atoms with Gasteiger partial charge < -0.3 is 19.5 Å². The SMILES string of the molecule is CCCOc1ccc(C2=C(Nc3ccc4c(c3)OCO4)C(=O)N(c3ccccc3C)C2=O)cc1. The molecule has 2 aliphatic rings. The van der Waals surface area contributed by atoms with Gasteiger partial charge >= 0.3 is 0 Å². The number of para-hydroxylation sites is 1. The number of aryl methyl sites for hydroxylation is 1. The third-order valence-electron chi connectivity index (χ3n) is 5.70. The normalized spacial score (nSPS) is 14.7. The Hall–Kier alpha value is -4.26. The van der Waals surface area contributed by atoms with Crippen molar-refractivity contribution in [2.24, 2.45) is 0 Å². The Labute approximate surface area is 197 Å². The van der Waals surface area contributed by atoms with Crippen LogP contribution in [0.2, 0.25) is 0 Å². The van der Waals surface area contributed by atoms with Gasteiger partial charge in [0.05, 0.1) is 17.9 Å². The molecule has 1 N–H and O–H groups in total. The van der Waals surface area contributed by atoms with Gasteiger partial charge in [-0.05, 0) is 54.8 Å². The molecule has 0 aromatic heterocycles. The number of nitrogens with one attached hydrogen (secondary N) is 1. The van der Waals surface area contributed by atoms with Crippen LogP contribution in [0.15, 0.2) is 72.4 Å². The molecule has 0 aliphatic carbocycles. The van der Waals surface area contributed by atoms with Gasteiger partial charge in [-0.3, -0.25) is 9.59 Å². The van der Waals surface area contributed by atoms with Gasteiger partial charge in [-0.25, -0.2) is 4.90 Å². The van der Waals surface area contributed by atoms with Crippen molar-refractivity contribution < 1.29 is 23.8 Å². The van der Waals surface area contributed by atoms with Gasteiger partial charge in [0.25, 0.3) is 11.8 Å². The molecular weight excluding hydrogens is 432 g/mol. The van der Waals surface area contributed by atoms with Gasteiger partial charge in [-0.1, -0.05) is 37.3 Å². The fourth-order valence-electron chi connectivity index (χ4n) is 4.00. The van der Waals surface area contributed by atoms with Gasteiger partial charge in [0.2, 0.25) is 6.79 Å². The van der Waals surface area contributed by atoms with E-state index in [0.29, 0.717) is 46.4 Å². The van der Waals surface area contributed by atoms with Crippen molar-refractivity contribution in [3.05, 3.63) is 83.6 Å². The number of hydrogen-bond acceptors (Lipinski definition) is 6. The second-order valence-corrected chi connectivity index (χ2v) is 8.05. The van der Waals surface area contributed by atoms with E-state index in [9.17, 15) is 9.59 Å². The van der Waals surface area contributed by atoms with Crippen LogP contribution in [0, 0.1) is 6.92 Å². The van der Waals surface area contributed by atoms with Crippen LogP contribution >= 0.6 is 0 Å². The second-order valence-electron chi connectivity index (χ2n) is 8.05. The van der Waals surface area contributed by atoms with Crippen LogP contribution in [0.5, 0.6) is 17.2 Å². The smallest absolute Gasteiger partial charge is 0.282 e. The fraction of sp³-hybridized carbons (Fsp3) is 0.185. The number of rotatable bonds is 7. The minimum Gasteiger partial charge on any atom is -0.494 e. The highest BCUT2D eigenvalue weighted by atomic mass is 16.7. The van der Waals surface area contributed by atoms with E-state index in [1.54, 1.807) is 36.4 Å². The molecule has 172 valence electrons. The Morgan fingerprint density at radius 2 is 1.71 bits per heavy atom. The van der Waals surface area contributed by atoms with Crippen LogP contribution < -0.4 is 24.4 Å². The largest absolute Gasteiger partial charge is 0.494 e. The zero-order valence-electron chi connectivity index (χ0n) is 19.0. The highest BCUT2D eigenvalue weighted by Crippen LogP contribution is 2.38. The van der Waals surface area contributed by atoms with Crippen molar-refractivity contribution in [2.45, 2.75) is 20.3 Å². The van der Waals surface area contributed by atoms with E-state index in [0.717, 1.165) is 12.0 Å². The van der Waals surface area contributed by atoms with E-state index in [-0.39, 0.29) is 18.4 Å². The van der Waals surface area contributed by atoms with Crippen molar-refractivity contribution in [3.63, 3.8) is 0 Å². The Bertz CT molecular complexity index is 1300. The zero-order chi connectivity index (χ0) is 23.7. The van der Waals surface area contributed by atoms with Crippen LogP contribution in [0.25, 0.3) is 5.57 Å². The van der Waals surface area contributed by atoms with Gasteiger partial charge in [0, 0.05) is 11.8 Å². The molecule has 0 saturated heterocycles. The van der Waals surface area contributed by atoms with E-state index in [1.165, 1.54) is 4.90 Å². The number of anilines is 2. The number of ether oxygens (including phenoxy) is 3. The molecule has 7 nitrogen and oxygen atoms in total. The van der Waals surface area contributed by atoms with Crippen LogP contribution in [0.1, 0.15) is 24.5 Å². The van der Waals surface area contributed by atoms with Crippen molar-refractivity contribution >= 4 is 28.8 Å². The van der Waals surface area contributed by atoms with Gasteiger partial charge in [-0.15, -0.1) is 0 Å². The molecule has 0 unspecified atom stereocenters. The molecule has 7 heteroatoms. The summed E-state index contributed by atoms with van der Waals surface area (Å²) in [5.74, 6) is 1.13. The standard InChI is InChI=1S/C27H24N2O5/c1-3-14-32-20-11-8-18(9-12-20)24-25(28-19-10-13-22-23(15-19)34-16-33-22)27(31)29(26(24)30)21-7-5-4-6-17(21)2/h4-13,15,28H,3,14,16H2,1-2H3. The maximum absolute atomic E-state index is 13.6. The number of benzene rings is 3. The number of nitrogens with zero attached hydrogens (tertiary/aromatic N) is 1. The molecule has 0 saturated carbocycles. The quantitative estimate of drug-likeness (QED) is 0.509. The second kappa shape index (κ2) is 8.94. The molecule has 3 aromatic carbocycles. The lowest BCUT2D eigenvalue weighted by Gasteiger charge is -2.17. The molecule has 0 radical (unpaired) electrons. The number of imide groups is 1. The van der Waals surface area contributed by atoms with Gasteiger partial charge in [0.1, 0.15) is 11.4 Å². The minimum atomic E-state index is -0.418. The van der Waals surface area contributed by atoms with E-state index < -0.39 is 5.91 Å². The molecule has 2 amide bonds. The van der Waals surface area contributed by atoms with E-state index >= 15 is 0 Å². The summed E-state index contributed by atoms with van der Waals surface area (Å²) in [6, 6.07) is 19.9. The summed E-state index contributed by atoms with van der Waals surface area (Å²) in [6.45, 7) is 4.67. The Kier molecular flexibility index (Phi) is 5.67. The summed E-state index contributed by atoms with van der Waals surface area (Å²) in [7, 11) is 0. The van der Waals surface area contributed by atoms with Crippen LogP contribution in [0.4, 0.5) is 11.4 Å². The number of hydrogen-bond donors (Lipinski definition) is 1. The van der Waals surface area contributed by atoms with Crippen molar-refractivity contribution in [1.82, 2.24) is 0 Å². The first kappa shape index (κ1) is 21.6. The topological polar surface area (TPSA) is 77.1 Å². The molecule has 0 bridgehead atoms. The average molecular weight is 456 g/mol. The Morgan fingerprint density at radius 1 is 0.941 bits per heavy atom. The zero-order valence-corrected chi connectivity index (χ0v) is 19.0. The first-order valence-electron chi connectivity index (χ1n) is 11.2. The van der Waals surface area contributed by atoms with Crippen LogP contribution in [-0.2, 0) is 9.59 Å². The Balaban J connectivity index is 1.56. The predicted molar refractivity (Wildman–Crippen MR) is 129 cm³/mol. The molecule has 3 aromatic rings. The molecule has 5 rings (SSSR count). The highest BCUT2D eigenvalue weighted by molar-refractivity contribution is 6.46. The molecule has 2 heterocycles.